The van der Waals surface area contributed by atoms with Gasteiger partial charge in [-0.2, -0.15) is 0 Å². The summed E-state index contributed by atoms with van der Waals surface area (Å²) in [6, 6.07) is 9.37. The Bertz CT molecular complexity index is 482. The predicted molar refractivity (Wildman–Crippen MR) is 64.5 cm³/mol. The minimum absolute atomic E-state index is 0.492. The second-order valence-corrected chi connectivity index (χ2v) is 4.61. The molecule has 0 fully saturated rings. The Morgan fingerprint density at radius 1 is 1.25 bits per heavy atom. The molecule has 0 N–H and O–H groups in total. The van der Waals surface area contributed by atoms with Gasteiger partial charge in [0.1, 0.15) is 0 Å². The monoisotopic (exact) mass is 212 g/mol. The highest BCUT2D eigenvalue weighted by atomic mass is 15.1. The zero-order valence-electron chi connectivity index (χ0n) is 9.56. The molecule has 0 bridgehead atoms. The Kier molecular flexibility index (Phi) is 2.28. The summed E-state index contributed by atoms with van der Waals surface area (Å²) < 4.78 is 2.33. The first kappa shape index (κ1) is 9.64. The lowest BCUT2D eigenvalue weighted by Crippen LogP contribution is -2.17. The average Bonchev–Trinajstić information content (AvgIpc) is 2.78. The number of aromatic nitrogens is 2. The van der Waals surface area contributed by atoms with Crippen LogP contribution in [0.25, 0.3) is 0 Å². The molecule has 1 aliphatic heterocycles. The van der Waals surface area contributed by atoms with Gasteiger partial charge in [0, 0.05) is 11.9 Å². The maximum Gasteiger partial charge on any atom is 0.0953 e. The van der Waals surface area contributed by atoms with Crippen LogP contribution >= 0.6 is 0 Å². The number of rotatable bonds is 1. The second kappa shape index (κ2) is 3.78. The lowest BCUT2D eigenvalue weighted by atomic mass is 9.96. The van der Waals surface area contributed by atoms with Gasteiger partial charge in [0.25, 0.3) is 0 Å². The van der Waals surface area contributed by atoms with Gasteiger partial charge in [0.2, 0.25) is 0 Å². The molecule has 0 amide bonds. The topological polar surface area (TPSA) is 17.8 Å². The van der Waals surface area contributed by atoms with E-state index in [4.69, 9.17) is 0 Å². The lowest BCUT2D eigenvalue weighted by Gasteiger charge is -2.25. The average molecular weight is 212 g/mol. The van der Waals surface area contributed by atoms with Gasteiger partial charge in [0.05, 0.1) is 12.4 Å². The molecule has 2 heteroatoms. The molecule has 16 heavy (non-hydrogen) atoms. The van der Waals surface area contributed by atoms with Crippen molar-refractivity contribution in [2.24, 2.45) is 0 Å². The van der Waals surface area contributed by atoms with Crippen molar-refractivity contribution < 1.29 is 0 Å². The maximum absolute atomic E-state index is 4.26. The van der Waals surface area contributed by atoms with Crippen molar-refractivity contribution in [3.8, 4) is 0 Å². The number of fused-ring (bicyclic) bond motifs is 1. The molecular weight excluding hydrogens is 196 g/mol. The Labute approximate surface area is 95.9 Å². The summed E-state index contributed by atoms with van der Waals surface area (Å²) in [6.45, 7) is 2.13. The van der Waals surface area contributed by atoms with Crippen molar-refractivity contribution in [2.75, 3.05) is 0 Å². The second-order valence-electron chi connectivity index (χ2n) is 4.61. The first-order valence-electron chi connectivity index (χ1n) is 5.92. The maximum atomic E-state index is 4.26. The van der Waals surface area contributed by atoms with Gasteiger partial charge in [-0.15, -0.1) is 0 Å². The largest absolute Gasteiger partial charge is 0.327 e. The van der Waals surface area contributed by atoms with E-state index in [0.29, 0.717) is 6.04 Å². The van der Waals surface area contributed by atoms with E-state index < -0.39 is 0 Å². The van der Waals surface area contributed by atoms with E-state index in [1.165, 1.54) is 36.1 Å². The molecule has 0 unspecified atom stereocenters. The normalized spacial score (nSPS) is 19.4. The third-order valence-electron chi connectivity index (χ3n) is 3.45. The predicted octanol–water partition coefficient (Wildman–Crippen LogP) is 3.12. The van der Waals surface area contributed by atoms with E-state index in [0.717, 1.165) is 0 Å². The van der Waals surface area contributed by atoms with Crippen LogP contribution < -0.4 is 0 Å². The molecule has 2 heterocycles. The van der Waals surface area contributed by atoms with Crippen molar-refractivity contribution >= 4 is 0 Å². The molecule has 0 saturated heterocycles. The molecule has 1 aromatic heterocycles. The summed E-state index contributed by atoms with van der Waals surface area (Å²) in [5.41, 5.74) is 4.10. The molecule has 1 aliphatic rings. The fraction of sp³-hybridized carbons (Fsp3) is 0.357. The summed E-state index contributed by atoms with van der Waals surface area (Å²) in [5, 5.41) is 0. The first-order valence-corrected chi connectivity index (χ1v) is 5.92. The lowest BCUT2D eigenvalue weighted by molar-refractivity contribution is 0.458. The fourth-order valence-corrected chi connectivity index (χ4v) is 2.54. The van der Waals surface area contributed by atoms with Crippen LogP contribution in [0.4, 0.5) is 0 Å². The first-order chi connectivity index (χ1) is 7.84. The molecule has 82 valence electrons. The third-order valence-corrected chi connectivity index (χ3v) is 3.45. The van der Waals surface area contributed by atoms with Crippen LogP contribution in [0.15, 0.2) is 36.8 Å². The summed E-state index contributed by atoms with van der Waals surface area (Å²) in [4.78, 5) is 4.26. The minimum atomic E-state index is 0.492. The van der Waals surface area contributed by atoms with Gasteiger partial charge in [-0.3, -0.25) is 0 Å². The Balaban J connectivity index is 2.00. The molecule has 0 aliphatic carbocycles. The molecule has 3 rings (SSSR count). The molecule has 2 nitrogen and oxygen atoms in total. The van der Waals surface area contributed by atoms with Gasteiger partial charge in [-0.05, 0) is 31.7 Å². The van der Waals surface area contributed by atoms with Gasteiger partial charge in [-0.25, -0.2) is 4.98 Å². The molecule has 1 atom stereocenters. The van der Waals surface area contributed by atoms with E-state index in [9.17, 15) is 0 Å². The number of nitrogens with zero attached hydrogens (tertiary/aromatic N) is 2. The van der Waals surface area contributed by atoms with Gasteiger partial charge in [-0.1, -0.05) is 29.8 Å². The van der Waals surface area contributed by atoms with Gasteiger partial charge >= 0.3 is 0 Å². The van der Waals surface area contributed by atoms with Crippen LogP contribution in [-0.4, -0.2) is 9.55 Å². The standard InChI is InChI=1S/C14H16N2/c1-11-5-7-12(8-6-11)14-4-2-3-13-9-15-10-16(13)14/h5-10,14H,2-4H2,1H3/t14-/m1/s1. The minimum Gasteiger partial charge on any atom is -0.327 e. The van der Waals surface area contributed by atoms with E-state index >= 15 is 0 Å². The SMILES string of the molecule is Cc1ccc([C@H]2CCCc3cncn32)cc1. The van der Waals surface area contributed by atoms with Crippen LogP contribution in [0.2, 0.25) is 0 Å². The number of aryl methyl sites for hydroxylation is 2. The van der Waals surface area contributed by atoms with E-state index in [-0.39, 0.29) is 0 Å². The third kappa shape index (κ3) is 1.54. The zero-order chi connectivity index (χ0) is 11.0. The van der Waals surface area contributed by atoms with Crippen LogP contribution in [0, 0.1) is 6.92 Å². The smallest absolute Gasteiger partial charge is 0.0953 e. The van der Waals surface area contributed by atoms with Crippen molar-refractivity contribution in [1.29, 1.82) is 0 Å². The van der Waals surface area contributed by atoms with Gasteiger partial charge < -0.3 is 4.57 Å². The van der Waals surface area contributed by atoms with Gasteiger partial charge in [0.15, 0.2) is 0 Å². The molecule has 0 spiro atoms. The van der Waals surface area contributed by atoms with Crippen LogP contribution in [-0.2, 0) is 6.42 Å². The summed E-state index contributed by atoms with van der Waals surface area (Å²) in [7, 11) is 0. The highest BCUT2D eigenvalue weighted by Gasteiger charge is 2.20. The highest BCUT2D eigenvalue weighted by molar-refractivity contribution is 5.26. The van der Waals surface area contributed by atoms with Crippen molar-refractivity contribution in [3.63, 3.8) is 0 Å². The fourth-order valence-electron chi connectivity index (χ4n) is 2.54. The molecule has 0 radical (unpaired) electrons. The number of hydrogen-bond donors (Lipinski definition) is 0. The van der Waals surface area contributed by atoms with E-state index in [1.54, 1.807) is 0 Å². The molecule has 1 aromatic carbocycles. The number of hydrogen-bond acceptors (Lipinski definition) is 1. The quantitative estimate of drug-likeness (QED) is 0.710. The molecular formula is C14H16N2. The number of benzene rings is 1. The van der Waals surface area contributed by atoms with Crippen molar-refractivity contribution in [2.45, 2.75) is 32.2 Å². The van der Waals surface area contributed by atoms with E-state index in [2.05, 4.69) is 40.7 Å². The zero-order valence-corrected chi connectivity index (χ0v) is 9.56. The number of imidazole rings is 1. The van der Waals surface area contributed by atoms with Crippen LogP contribution in [0.3, 0.4) is 0 Å². The Morgan fingerprint density at radius 2 is 2.06 bits per heavy atom. The molecule has 0 saturated carbocycles. The van der Waals surface area contributed by atoms with Crippen LogP contribution in [0.1, 0.15) is 35.7 Å². The van der Waals surface area contributed by atoms with Crippen molar-refractivity contribution in [3.05, 3.63) is 53.6 Å². The Morgan fingerprint density at radius 3 is 2.88 bits per heavy atom. The van der Waals surface area contributed by atoms with Crippen molar-refractivity contribution in [1.82, 2.24) is 9.55 Å². The summed E-state index contributed by atoms with van der Waals surface area (Å²) in [6.07, 6.45) is 7.64. The molecule has 2 aromatic rings. The van der Waals surface area contributed by atoms with E-state index in [1.807, 2.05) is 12.5 Å². The summed E-state index contributed by atoms with van der Waals surface area (Å²) >= 11 is 0. The Hall–Kier alpha value is -1.57. The summed E-state index contributed by atoms with van der Waals surface area (Å²) in [5.74, 6) is 0. The highest BCUT2D eigenvalue weighted by Crippen LogP contribution is 2.30. The van der Waals surface area contributed by atoms with Crippen LogP contribution in [0.5, 0.6) is 0 Å².